The number of hydrogen-bond donors (Lipinski definition) is 1. The first-order chi connectivity index (χ1) is 7.75. The molecule has 88 valence electrons. The van der Waals surface area contributed by atoms with Gasteiger partial charge >= 0.3 is 0 Å². The Balaban J connectivity index is 1.88. The van der Waals surface area contributed by atoms with Crippen molar-refractivity contribution >= 4 is 10.8 Å². The van der Waals surface area contributed by atoms with E-state index in [2.05, 4.69) is 4.90 Å². The molecule has 0 spiro atoms. The smallest absolute Gasteiger partial charge is 0.0916 e. The van der Waals surface area contributed by atoms with Crippen LogP contribution in [0, 0.1) is 0 Å². The van der Waals surface area contributed by atoms with Crippen molar-refractivity contribution in [2.24, 2.45) is 0 Å². The minimum Gasteiger partial charge on any atom is -0.387 e. The Kier molecular flexibility index (Phi) is 4.09. The van der Waals surface area contributed by atoms with Crippen LogP contribution in [0.5, 0.6) is 0 Å². The van der Waals surface area contributed by atoms with Gasteiger partial charge in [0.2, 0.25) is 0 Å². The van der Waals surface area contributed by atoms with E-state index in [0.717, 1.165) is 30.2 Å². The number of β-amino-alcohol motifs (C(OH)–C–C–N with tert-alkyl or cyclic N) is 1. The van der Waals surface area contributed by atoms with E-state index in [1.165, 1.54) is 0 Å². The Labute approximate surface area is 98.5 Å². The minimum atomic E-state index is -0.644. The van der Waals surface area contributed by atoms with E-state index in [1.807, 2.05) is 30.3 Å². The highest BCUT2D eigenvalue weighted by Crippen LogP contribution is 2.14. The number of aliphatic hydroxyl groups excluding tert-OH is 1. The zero-order chi connectivity index (χ0) is 11.4. The summed E-state index contributed by atoms with van der Waals surface area (Å²) in [6.45, 7) is 2.30. The second kappa shape index (κ2) is 5.57. The van der Waals surface area contributed by atoms with Crippen molar-refractivity contribution in [3.63, 3.8) is 0 Å². The predicted octanol–water partition coefficient (Wildman–Crippen LogP) is 0.784. The van der Waals surface area contributed by atoms with Gasteiger partial charge in [-0.05, 0) is 5.56 Å². The van der Waals surface area contributed by atoms with Crippen LogP contribution in [0.2, 0.25) is 0 Å². The van der Waals surface area contributed by atoms with Crippen molar-refractivity contribution in [1.82, 2.24) is 4.90 Å². The maximum atomic E-state index is 11.2. The summed E-state index contributed by atoms with van der Waals surface area (Å²) in [4.78, 5) is 2.18. The second-order valence-corrected chi connectivity index (χ2v) is 5.77. The third-order valence-electron chi connectivity index (χ3n) is 2.89. The largest absolute Gasteiger partial charge is 0.387 e. The predicted molar refractivity (Wildman–Crippen MR) is 65.7 cm³/mol. The van der Waals surface area contributed by atoms with Crippen LogP contribution in [-0.2, 0) is 10.8 Å². The molecule has 3 nitrogen and oxygen atoms in total. The summed E-state index contributed by atoms with van der Waals surface area (Å²) >= 11 is 0. The molecule has 0 bridgehead atoms. The van der Waals surface area contributed by atoms with Crippen molar-refractivity contribution in [2.45, 2.75) is 6.10 Å². The molecule has 1 atom stereocenters. The molecule has 0 radical (unpaired) electrons. The number of aliphatic hydroxyl groups is 1. The van der Waals surface area contributed by atoms with Gasteiger partial charge < -0.3 is 5.11 Å². The quantitative estimate of drug-likeness (QED) is 0.847. The number of nitrogens with zero attached hydrogens (tertiary/aromatic N) is 1. The van der Waals surface area contributed by atoms with E-state index in [1.54, 1.807) is 0 Å². The molecule has 0 amide bonds. The molecule has 1 aromatic rings. The normalized spacial score (nSPS) is 20.8. The van der Waals surface area contributed by atoms with Crippen LogP contribution in [0.4, 0.5) is 0 Å². The molecule has 1 saturated heterocycles. The summed E-state index contributed by atoms with van der Waals surface area (Å²) < 4.78 is 11.2. The highest BCUT2D eigenvalue weighted by molar-refractivity contribution is 7.85. The van der Waals surface area contributed by atoms with Gasteiger partial charge in [-0.25, -0.2) is 0 Å². The Morgan fingerprint density at radius 2 is 1.88 bits per heavy atom. The topological polar surface area (TPSA) is 40.5 Å². The molecule has 1 aromatic carbocycles. The first-order valence-corrected chi connectivity index (χ1v) is 7.05. The number of rotatable bonds is 3. The molecule has 4 heteroatoms. The van der Waals surface area contributed by atoms with Gasteiger partial charge in [0, 0.05) is 41.9 Å². The summed E-state index contributed by atoms with van der Waals surface area (Å²) in [5.41, 5.74) is 0.953. The molecule has 2 rings (SSSR count). The van der Waals surface area contributed by atoms with Gasteiger partial charge in [0.25, 0.3) is 0 Å². The molecule has 1 unspecified atom stereocenters. The van der Waals surface area contributed by atoms with Crippen LogP contribution in [-0.4, -0.2) is 45.4 Å². The van der Waals surface area contributed by atoms with Gasteiger partial charge in [-0.1, -0.05) is 30.3 Å². The summed E-state index contributed by atoms with van der Waals surface area (Å²) in [6, 6.07) is 9.69. The van der Waals surface area contributed by atoms with Crippen LogP contribution in [0.15, 0.2) is 30.3 Å². The summed E-state index contributed by atoms with van der Waals surface area (Å²) in [5, 5.41) is 10.0. The lowest BCUT2D eigenvalue weighted by Gasteiger charge is -2.28. The highest BCUT2D eigenvalue weighted by Gasteiger charge is 2.18. The Morgan fingerprint density at radius 1 is 1.25 bits per heavy atom. The van der Waals surface area contributed by atoms with Crippen molar-refractivity contribution in [3.8, 4) is 0 Å². The zero-order valence-electron chi connectivity index (χ0n) is 9.21. The van der Waals surface area contributed by atoms with Crippen molar-refractivity contribution < 1.29 is 9.32 Å². The van der Waals surface area contributed by atoms with Crippen molar-refractivity contribution in [2.75, 3.05) is 31.1 Å². The number of hydrogen-bond acceptors (Lipinski definition) is 3. The van der Waals surface area contributed by atoms with E-state index in [0.29, 0.717) is 6.54 Å². The van der Waals surface area contributed by atoms with Gasteiger partial charge in [0.05, 0.1) is 6.10 Å². The fraction of sp³-hybridized carbons (Fsp3) is 0.500. The SMILES string of the molecule is O=S1CCN(CC(O)c2ccccc2)CC1. The van der Waals surface area contributed by atoms with Crippen LogP contribution >= 0.6 is 0 Å². The maximum Gasteiger partial charge on any atom is 0.0916 e. The molecular weight excluding hydrogens is 222 g/mol. The first-order valence-electron chi connectivity index (χ1n) is 5.56. The fourth-order valence-electron chi connectivity index (χ4n) is 1.88. The molecule has 1 N–H and O–H groups in total. The Morgan fingerprint density at radius 3 is 2.50 bits per heavy atom. The van der Waals surface area contributed by atoms with Gasteiger partial charge in [-0.15, -0.1) is 0 Å². The second-order valence-electron chi connectivity index (χ2n) is 4.08. The van der Waals surface area contributed by atoms with Gasteiger partial charge in [-0.3, -0.25) is 9.11 Å². The standard InChI is InChI=1S/C12H17NO2S/c14-12(11-4-2-1-3-5-11)10-13-6-8-16(15)9-7-13/h1-5,12,14H,6-10H2. The molecule has 0 aliphatic carbocycles. The molecule has 0 saturated carbocycles. The lowest BCUT2D eigenvalue weighted by Crippen LogP contribution is -2.40. The lowest BCUT2D eigenvalue weighted by atomic mass is 10.1. The van der Waals surface area contributed by atoms with E-state index in [4.69, 9.17) is 0 Å². The van der Waals surface area contributed by atoms with Crippen molar-refractivity contribution in [1.29, 1.82) is 0 Å². The minimum absolute atomic E-state index is 0.437. The average molecular weight is 239 g/mol. The molecule has 1 heterocycles. The highest BCUT2D eigenvalue weighted by atomic mass is 32.2. The van der Waals surface area contributed by atoms with Gasteiger partial charge in [0.1, 0.15) is 0 Å². The monoisotopic (exact) mass is 239 g/mol. The maximum absolute atomic E-state index is 11.2. The summed E-state index contributed by atoms with van der Waals surface area (Å²) in [7, 11) is -0.644. The summed E-state index contributed by atoms with van der Waals surface area (Å²) in [5.74, 6) is 1.48. The number of benzene rings is 1. The summed E-state index contributed by atoms with van der Waals surface area (Å²) in [6.07, 6.45) is -0.437. The average Bonchev–Trinajstić information content (AvgIpc) is 2.33. The third-order valence-corrected chi connectivity index (χ3v) is 4.16. The third kappa shape index (κ3) is 3.14. The molecule has 1 aliphatic rings. The van der Waals surface area contributed by atoms with E-state index < -0.39 is 16.9 Å². The van der Waals surface area contributed by atoms with Crippen molar-refractivity contribution in [3.05, 3.63) is 35.9 Å². The van der Waals surface area contributed by atoms with E-state index in [-0.39, 0.29) is 0 Å². The molecular formula is C12H17NO2S. The van der Waals surface area contributed by atoms with Crippen LogP contribution in [0.1, 0.15) is 11.7 Å². The van der Waals surface area contributed by atoms with E-state index in [9.17, 15) is 9.32 Å². The van der Waals surface area contributed by atoms with Crippen LogP contribution in [0.3, 0.4) is 0 Å². The fourth-order valence-corrected chi connectivity index (χ4v) is 3.01. The van der Waals surface area contributed by atoms with Gasteiger partial charge in [0.15, 0.2) is 0 Å². The molecule has 1 fully saturated rings. The van der Waals surface area contributed by atoms with Crippen LogP contribution in [0.25, 0.3) is 0 Å². The van der Waals surface area contributed by atoms with Gasteiger partial charge in [-0.2, -0.15) is 0 Å². The lowest BCUT2D eigenvalue weighted by molar-refractivity contribution is 0.118. The van der Waals surface area contributed by atoms with Crippen LogP contribution < -0.4 is 0 Å². The Bertz CT molecular complexity index is 345. The zero-order valence-corrected chi connectivity index (χ0v) is 10.0. The molecule has 0 aromatic heterocycles. The first kappa shape index (κ1) is 11.8. The van der Waals surface area contributed by atoms with E-state index >= 15 is 0 Å². The Hall–Kier alpha value is -0.710. The molecule has 1 aliphatic heterocycles. The molecule has 16 heavy (non-hydrogen) atoms.